The summed E-state index contributed by atoms with van der Waals surface area (Å²) in [6.07, 6.45) is 0. The number of hydrogen-bond acceptors (Lipinski definition) is 3. The van der Waals surface area contributed by atoms with Crippen LogP contribution >= 0.6 is 11.6 Å². The van der Waals surface area contributed by atoms with Crippen molar-refractivity contribution in [1.82, 2.24) is 0 Å². The molecule has 0 heterocycles. The lowest BCUT2D eigenvalue weighted by Crippen LogP contribution is -2.14. The molecule has 0 aliphatic rings. The van der Waals surface area contributed by atoms with E-state index in [9.17, 15) is 8.42 Å². The Bertz CT molecular complexity index is 758. The lowest BCUT2D eigenvalue weighted by molar-refractivity contribution is 0.600. The minimum absolute atomic E-state index is 0.185. The van der Waals surface area contributed by atoms with E-state index in [-0.39, 0.29) is 4.90 Å². The first-order chi connectivity index (χ1) is 9.29. The standard InChI is InChI=1S/C14H15ClN2O2S/c1-9-3-5-12(15)13(7-9)17-20(18,19)14-6-4-11(16)8-10(14)2/h3-8,17H,16H2,1-2H3. The molecule has 0 saturated carbocycles. The van der Waals surface area contributed by atoms with Gasteiger partial charge in [-0.25, -0.2) is 8.42 Å². The van der Waals surface area contributed by atoms with Gasteiger partial charge in [-0.2, -0.15) is 0 Å². The zero-order valence-electron chi connectivity index (χ0n) is 11.1. The molecule has 20 heavy (non-hydrogen) atoms. The van der Waals surface area contributed by atoms with Crippen molar-refractivity contribution in [3.8, 4) is 0 Å². The number of nitrogens with one attached hydrogen (secondary N) is 1. The van der Waals surface area contributed by atoms with Crippen molar-refractivity contribution in [1.29, 1.82) is 0 Å². The summed E-state index contributed by atoms with van der Waals surface area (Å²) in [4.78, 5) is 0.185. The quantitative estimate of drug-likeness (QED) is 0.854. The van der Waals surface area contributed by atoms with Crippen LogP contribution in [0.2, 0.25) is 5.02 Å². The van der Waals surface area contributed by atoms with Crippen molar-refractivity contribution in [2.45, 2.75) is 18.7 Å². The van der Waals surface area contributed by atoms with Gasteiger partial charge in [0.2, 0.25) is 0 Å². The second-order valence-corrected chi connectivity index (χ2v) is 6.67. The van der Waals surface area contributed by atoms with Gasteiger partial charge in [0.1, 0.15) is 0 Å². The molecule has 0 bridgehead atoms. The molecule has 0 radical (unpaired) electrons. The van der Waals surface area contributed by atoms with Crippen molar-refractivity contribution < 1.29 is 8.42 Å². The van der Waals surface area contributed by atoms with Gasteiger partial charge in [-0.05, 0) is 55.3 Å². The number of benzene rings is 2. The highest BCUT2D eigenvalue weighted by Crippen LogP contribution is 2.27. The van der Waals surface area contributed by atoms with Crippen molar-refractivity contribution in [2.75, 3.05) is 10.5 Å². The number of hydrogen-bond donors (Lipinski definition) is 2. The first-order valence-electron chi connectivity index (χ1n) is 5.95. The second kappa shape index (κ2) is 5.34. The first kappa shape index (κ1) is 14.7. The number of nitrogens with two attached hydrogens (primary N) is 1. The fourth-order valence-electron chi connectivity index (χ4n) is 1.89. The van der Waals surface area contributed by atoms with Crippen LogP contribution in [0.4, 0.5) is 11.4 Å². The Morgan fingerprint density at radius 1 is 1.10 bits per heavy atom. The topological polar surface area (TPSA) is 72.2 Å². The average molecular weight is 311 g/mol. The molecular formula is C14H15ClN2O2S. The van der Waals surface area contributed by atoms with E-state index >= 15 is 0 Å². The van der Waals surface area contributed by atoms with Crippen LogP contribution in [0.15, 0.2) is 41.3 Å². The van der Waals surface area contributed by atoms with Crippen LogP contribution in [0.25, 0.3) is 0 Å². The van der Waals surface area contributed by atoms with Gasteiger partial charge < -0.3 is 5.73 Å². The Labute approximate surface area is 123 Å². The van der Waals surface area contributed by atoms with E-state index in [2.05, 4.69) is 4.72 Å². The maximum absolute atomic E-state index is 12.4. The predicted octanol–water partition coefficient (Wildman–Crippen LogP) is 3.34. The fourth-order valence-corrected chi connectivity index (χ4v) is 3.41. The van der Waals surface area contributed by atoms with Crippen molar-refractivity contribution in [2.24, 2.45) is 0 Å². The highest BCUT2D eigenvalue weighted by molar-refractivity contribution is 7.92. The third kappa shape index (κ3) is 3.05. The summed E-state index contributed by atoms with van der Waals surface area (Å²) >= 11 is 6.01. The Kier molecular flexibility index (Phi) is 3.92. The van der Waals surface area contributed by atoms with Gasteiger partial charge in [-0.15, -0.1) is 0 Å². The maximum Gasteiger partial charge on any atom is 0.262 e. The molecule has 0 unspecified atom stereocenters. The van der Waals surface area contributed by atoms with Gasteiger partial charge in [0, 0.05) is 5.69 Å². The molecule has 0 spiro atoms. The monoisotopic (exact) mass is 310 g/mol. The van der Waals surface area contributed by atoms with Crippen LogP contribution in [0.5, 0.6) is 0 Å². The number of nitrogen functional groups attached to an aromatic ring is 1. The van der Waals surface area contributed by atoms with Gasteiger partial charge in [0.25, 0.3) is 10.0 Å². The van der Waals surface area contributed by atoms with Crippen LogP contribution in [0, 0.1) is 13.8 Å². The smallest absolute Gasteiger partial charge is 0.262 e. The largest absolute Gasteiger partial charge is 0.399 e. The molecular weight excluding hydrogens is 296 g/mol. The number of rotatable bonds is 3. The summed E-state index contributed by atoms with van der Waals surface area (Å²) in [5, 5.41) is 0.354. The molecule has 0 aliphatic heterocycles. The molecule has 6 heteroatoms. The average Bonchev–Trinajstić information content (AvgIpc) is 2.33. The van der Waals surface area contributed by atoms with E-state index in [1.807, 2.05) is 13.0 Å². The van der Waals surface area contributed by atoms with Gasteiger partial charge in [-0.3, -0.25) is 4.72 Å². The molecule has 0 atom stereocenters. The van der Waals surface area contributed by atoms with Crippen molar-refractivity contribution in [3.63, 3.8) is 0 Å². The highest BCUT2D eigenvalue weighted by Gasteiger charge is 2.18. The summed E-state index contributed by atoms with van der Waals surface area (Å²) in [6, 6.07) is 9.81. The predicted molar refractivity (Wildman–Crippen MR) is 82.6 cm³/mol. The second-order valence-electron chi connectivity index (χ2n) is 4.61. The Balaban J connectivity index is 2.43. The highest BCUT2D eigenvalue weighted by atomic mass is 35.5. The molecule has 2 aromatic carbocycles. The molecule has 2 rings (SSSR count). The first-order valence-corrected chi connectivity index (χ1v) is 7.81. The van der Waals surface area contributed by atoms with Crippen molar-refractivity contribution >= 4 is 33.0 Å². The molecule has 0 aliphatic carbocycles. The maximum atomic E-state index is 12.4. The summed E-state index contributed by atoms with van der Waals surface area (Å²) in [6.45, 7) is 3.56. The van der Waals surface area contributed by atoms with E-state index in [1.54, 1.807) is 31.2 Å². The third-order valence-corrected chi connectivity index (χ3v) is 4.71. The number of halogens is 1. The summed E-state index contributed by atoms with van der Waals surface area (Å²) < 4.78 is 27.3. The summed E-state index contributed by atoms with van der Waals surface area (Å²) in [7, 11) is -3.69. The van der Waals surface area contributed by atoms with Crippen LogP contribution in [0.3, 0.4) is 0 Å². The van der Waals surface area contributed by atoms with E-state index in [4.69, 9.17) is 17.3 Å². The normalized spacial score (nSPS) is 11.3. The molecule has 2 aromatic rings. The minimum Gasteiger partial charge on any atom is -0.399 e. The van der Waals surface area contributed by atoms with Gasteiger partial charge in [-0.1, -0.05) is 17.7 Å². The third-order valence-electron chi connectivity index (χ3n) is 2.85. The molecule has 0 fully saturated rings. The van der Waals surface area contributed by atoms with E-state index < -0.39 is 10.0 Å². The zero-order valence-corrected chi connectivity index (χ0v) is 12.7. The summed E-state index contributed by atoms with van der Waals surface area (Å²) in [5.41, 5.74) is 8.02. The van der Waals surface area contributed by atoms with Gasteiger partial charge >= 0.3 is 0 Å². The molecule has 3 N–H and O–H groups in total. The molecule has 4 nitrogen and oxygen atoms in total. The Morgan fingerprint density at radius 2 is 1.80 bits per heavy atom. The van der Waals surface area contributed by atoms with Crippen LogP contribution in [-0.4, -0.2) is 8.42 Å². The number of anilines is 2. The lowest BCUT2D eigenvalue weighted by atomic mass is 10.2. The van der Waals surface area contributed by atoms with E-state index in [1.165, 1.54) is 6.07 Å². The zero-order chi connectivity index (χ0) is 14.9. The van der Waals surface area contributed by atoms with Crippen molar-refractivity contribution in [3.05, 3.63) is 52.5 Å². The molecule has 0 amide bonds. The Hall–Kier alpha value is -1.72. The van der Waals surface area contributed by atoms with Gasteiger partial charge in [0.05, 0.1) is 15.6 Å². The van der Waals surface area contributed by atoms with Crippen LogP contribution in [-0.2, 0) is 10.0 Å². The van der Waals surface area contributed by atoms with E-state index in [0.717, 1.165) is 5.56 Å². The molecule has 0 aromatic heterocycles. The van der Waals surface area contributed by atoms with Crippen LogP contribution < -0.4 is 10.5 Å². The SMILES string of the molecule is Cc1ccc(Cl)c(NS(=O)(=O)c2ccc(N)cc2C)c1. The lowest BCUT2D eigenvalue weighted by Gasteiger charge is -2.12. The summed E-state index contributed by atoms with van der Waals surface area (Å²) in [5.74, 6) is 0. The number of aryl methyl sites for hydroxylation is 2. The van der Waals surface area contributed by atoms with E-state index in [0.29, 0.717) is 22.0 Å². The Morgan fingerprint density at radius 3 is 2.45 bits per heavy atom. The number of sulfonamides is 1. The molecule has 106 valence electrons. The molecule has 0 saturated heterocycles. The minimum atomic E-state index is -3.69. The van der Waals surface area contributed by atoms with Gasteiger partial charge in [0.15, 0.2) is 0 Å². The van der Waals surface area contributed by atoms with Crippen LogP contribution in [0.1, 0.15) is 11.1 Å². The fraction of sp³-hybridized carbons (Fsp3) is 0.143.